The molecule has 2 fully saturated rings. The van der Waals surface area contributed by atoms with Crippen LogP contribution in [-0.4, -0.2) is 86.7 Å². The monoisotopic (exact) mass is 357 g/mol. The number of hydrogen-bond donors (Lipinski definition) is 0. The van der Waals surface area contributed by atoms with Crippen LogP contribution >= 0.6 is 0 Å². The van der Waals surface area contributed by atoms with Gasteiger partial charge in [-0.1, -0.05) is 42.5 Å². The highest BCUT2D eigenvalue weighted by Gasteiger charge is 2.32. The number of amides is 1. The molecule has 0 aliphatic carbocycles. The Morgan fingerprint density at radius 1 is 1.12 bits per heavy atom. The normalized spacial score (nSPS) is 22.3. The minimum Gasteiger partial charge on any atom is -0.383 e. The van der Waals surface area contributed by atoms with Gasteiger partial charge in [0.2, 0.25) is 5.91 Å². The Hall–Kier alpha value is -1.69. The van der Waals surface area contributed by atoms with E-state index in [2.05, 4.69) is 51.1 Å². The molecule has 142 valence electrons. The number of methoxy groups -OCH3 is 1. The van der Waals surface area contributed by atoms with Crippen LogP contribution in [0.5, 0.6) is 0 Å². The number of nitrogens with zero attached hydrogens (tertiary/aromatic N) is 3. The Morgan fingerprint density at radius 3 is 2.62 bits per heavy atom. The summed E-state index contributed by atoms with van der Waals surface area (Å²) < 4.78 is 5.14. The quantitative estimate of drug-likeness (QED) is 0.746. The van der Waals surface area contributed by atoms with Gasteiger partial charge in [0.15, 0.2) is 0 Å². The molecule has 1 aromatic rings. The standard InChI is InChI=1S/C21H31N3O2/c1-26-17-16-23-11-9-20(18-23)21(25)24-14-12-22(13-15-24)10-5-8-19-6-3-2-4-7-19/h2-8,20H,9-18H2,1H3/b8-5+/t20-/m1/s1. The molecule has 1 amide bonds. The van der Waals surface area contributed by atoms with E-state index in [9.17, 15) is 4.79 Å². The zero-order valence-corrected chi connectivity index (χ0v) is 15.8. The molecule has 5 nitrogen and oxygen atoms in total. The number of benzene rings is 1. The lowest BCUT2D eigenvalue weighted by molar-refractivity contribution is -0.136. The first-order valence-corrected chi connectivity index (χ1v) is 9.70. The van der Waals surface area contributed by atoms with Gasteiger partial charge in [-0.15, -0.1) is 0 Å². The molecule has 0 bridgehead atoms. The van der Waals surface area contributed by atoms with E-state index in [-0.39, 0.29) is 5.92 Å². The number of piperazine rings is 1. The summed E-state index contributed by atoms with van der Waals surface area (Å²) in [7, 11) is 1.73. The number of rotatable bonds is 7. The predicted octanol–water partition coefficient (Wildman–Crippen LogP) is 1.81. The lowest BCUT2D eigenvalue weighted by atomic mass is 10.1. The van der Waals surface area contributed by atoms with Crippen LogP contribution in [-0.2, 0) is 9.53 Å². The first kappa shape index (κ1) is 19.1. The summed E-state index contributed by atoms with van der Waals surface area (Å²) in [4.78, 5) is 19.6. The second kappa shape index (κ2) is 9.86. The van der Waals surface area contributed by atoms with E-state index in [4.69, 9.17) is 4.74 Å². The van der Waals surface area contributed by atoms with Gasteiger partial charge < -0.3 is 14.5 Å². The number of likely N-dealkylation sites (tertiary alicyclic amines) is 1. The maximum atomic E-state index is 12.8. The van der Waals surface area contributed by atoms with Crippen LogP contribution in [0.4, 0.5) is 0 Å². The number of hydrogen-bond acceptors (Lipinski definition) is 4. The molecule has 0 radical (unpaired) electrons. The van der Waals surface area contributed by atoms with Crippen LogP contribution in [0.1, 0.15) is 12.0 Å². The molecule has 2 heterocycles. The van der Waals surface area contributed by atoms with E-state index in [1.54, 1.807) is 7.11 Å². The number of carbonyl (C=O) groups is 1. The highest BCUT2D eigenvalue weighted by Crippen LogP contribution is 2.19. The Balaban J connectivity index is 1.38. The van der Waals surface area contributed by atoms with Crippen LogP contribution in [0.2, 0.25) is 0 Å². The minimum absolute atomic E-state index is 0.177. The molecule has 0 aromatic heterocycles. The molecule has 2 aliphatic rings. The lowest BCUT2D eigenvalue weighted by Gasteiger charge is -2.35. The molecular formula is C21H31N3O2. The van der Waals surface area contributed by atoms with Crippen LogP contribution in [0.15, 0.2) is 36.4 Å². The van der Waals surface area contributed by atoms with Crippen molar-refractivity contribution in [2.75, 3.05) is 66.1 Å². The van der Waals surface area contributed by atoms with E-state index in [1.807, 2.05) is 6.07 Å². The average Bonchev–Trinajstić information content (AvgIpc) is 3.16. The van der Waals surface area contributed by atoms with Gasteiger partial charge in [0.05, 0.1) is 12.5 Å². The van der Waals surface area contributed by atoms with Gasteiger partial charge in [-0.05, 0) is 18.5 Å². The Labute approximate surface area is 157 Å². The maximum Gasteiger partial charge on any atom is 0.227 e. The predicted molar refractivity (Wildman–Crippen MR) is 105 cm³/mol. The summed E-state index contributed by atoms with van der Waals surface area (Å²) in [5.74, 6) is 0.528. The summed E-state index contributed by atoms with van der Waals surface area (Å²) in [6.07, 6.45) is 5.38. The Bertz CT molecular complexity index is 582. The number of ether oxygens (including phenoxy) is 1. The minimum atomic E-state index is 0.177. The van der Waals surface area contributed by atoms with Crippen molar-refractivity contribution in [2.45, 2.75) is 6.42 Å². The molecule has 0 unspecified atom stereocenters. The molecule has 2 saturated heterocycles. The van der Waals surface area contributed by atoms with Gasteiger partial charge in [0.1, 0.15) is 0 Å². The van der Waals surface area contributed by atoms with E-state index in [1.165, 1.54) is 5.56 Å². The molecular weight excluding hydrogens is 326 g/mol. The first-order chi connectivity index (χ1) is 12.8. The van der Waals surface area contributed by atoms with Crippen molar-refractivity contribution in [3.63, 3.8) is 0 Å². The molecule has 5 heteroatoms. The molecule has 26 heavy (non-hydrogen) atoms. The third-order valence-electron chi connectivity index (χ3n) is 5.39. The van der Waals surface area contributed by atoms with Crippen LogP contribution in [0.3, 0.4) is 0 Å². The van der Waals surface area contributed by atoms with Crippen LogP contribution in [0.25, 0.3) is 6.08 Å². The lowest BCUT2D eigenvalue weighted by Crippen LogP contribution is -2.50. The maximum absolute atomic E-state index is 12.8. The van der Waals surface area contributed by atoms with Crippen molar-refractivity contribution in [1.29, 1.82) is 0 Å². The molecule has 0 N–H and O–H groups in total. The third-order valence-corrected chi connectivity index (χ3v) is 5.39. The van der Waals surface area contributed by atoms with Crippen LogP contribution < -0.4 is 0 Å². The number of carbonyl (C=O) groups excluding carboxylic acids is 1. The topological polar surface area (TPSA) is 36.0 Å². The summed E-state index contributed by atoms with van der Waals surface area (Å²) in [5, 5.41) is 0. The average molecular weight is 357 g/mol. The van der Waals surface area contributed by atoms with Gasteiger partial charge in [-0.3, -0.25) is 9.69 Å². The van der Waals surface area contributed by atoms with Crippen molar-refractivity contribution in [1.82, 2.24) is 14.7 Å². The molecule has 1 atom stereocenters. The summed E-state index contributed by atoms with van der Waals surface area (Å²) in [6.45, 7) is 8.17. The van der Waals surface area contributed by atoms with E-state index in [0.29, 0.717) is 5.91 Å². The SMILES string of the molecule is COCCN1CC[C@@H](C(=O)N2CCN(C/C=C/c3ccccc3)CC2)C1. The molecule has 1 aromatic carbocycles. The fourth-order valence-corrected chi connectivity index (χ4v) is 3.77. The van der Waals surface area contributed by atoms with E-state index >= 15 is 0 Å². The second-order valence-electron chi connectivity index (χ2n) is 7.22. The fourth-order valence-electron chi connectivity index (χ4n) is 3.77. The van der Waals surface area contributed by atoms with Gasteiger partial charge in [-0.2, -0.15) is 0 Å². The van der Waals surface area contributed by atoms with Crippen molar-refractivity contribution >= 4 is 12.0 Å². The highest BCUT2D eigenvalue weighted by atomic mass is 16.5. The Morgan fingerprint density at radius 2 is 1.88 bits per heavy atom. The van der Waals surface area contributed by atoms with Crippen molar-refractivity contribution < 1.29 is 9.53 Å². The van der Waals surface area contributed by atoms with Crippen molar-refractivity contribution in [2.24, 2.45) is 5.92 Å². The van der Waals surface area contributed by atoms with Gasteiger partial charge >= 0.3 is 0 Å². The van der Waals surface area contributed by atoms with Gasteiger partial charge in [0.25, 0.3) is 0 Å². The smallest absolute Gasteiger partial charge is 0.227 e. The highest BCUT2D eigenvalue weighted by molar-refractivity contribution is 5.79. The first-order valence-electron chi connectivity index (χ1n) is 9.70. The third kappa shape index (κ3) is 5.40. The molecule has 0 saturated carbocycles. The summed E-state index contributed by atoms with van der Waals surface area (Å²) in [5.41, 5.74) is 1.24. The molecule has 2 aliphatic heterocycles. The summed E-state index contributed by atoms with van der Waals surface area (Å²) in [6, 6.07) is 10.4. The van der Waals surface area contributed by atoms with Gasteiger partial charge in [0, 0.05) is 52.9 Å². The Kier molecular flexibility index (Phi) is 7.23. The molecule has 0 spiro atoms. The largest absolute Gasteiger partial charge is 0.383 e. The zero-order valence-electron chi connectivity index (χ0n) is 15.8. The van der Waals surface area contributed by atoms with E-state index in [0.717, 1.165) is 65.4 Å². The van der Waals surface area contributed by atoms with E-state index < -0.39 is 0 Å². The zero-order chi connectivity index (χ0) is 18.2. The van der Waals surface area contributed by atoms with Crippen LogP contribution in [0, 0.1) is 5.92 Å². The van der Waals surface area contributed by atoms with Gasteiger partial charge in [-0.25, -0.2) is 0 Å². The molecule has 3 rings (SSSR count). The summed E-state index contributed by atoms with van der Waals surface area (Å²) >= 11 is 0. The van der Waals surface area contributed by atoms with Crippen molar-refractivity contribution in [3.8, 4) is 0 Å². The fraction of sp³-hybridized carbons (Fsp3) is 0.571. The van der Waals surface area contributed by atoms with Crippen molar-refractivity contribution in [3.05, 3.63) is 42.0 Å². The second-order valence-corrected chi connectivity index (χ2v) is 7.22.